The lowest BCUT2D eigenvalue weighted by molar-refractivity contribution is 0.399. The molecule has 5 heteroatoms. The van der Waals surface area contributed by atoms with Crippen LogP contribution in [0.25, 0.3) is 0 Å². The average molecular weight is 292 g/mol. The number of benzene rings is 2. The van der Waals surface area contributed by atoms with Crippen LogP contribution in [0, 0.1) is 5.82 Å². The van der Waals surface area contributed by atoms with E-state index in [1.54, 1.807) is 36.4 Å². The number of halogens is 1. The first-order valence-electron chi connectivity index (χ1n) is 6.23. The van der Waals surface area contributed by atoms with Gasteiger partial charge in [0.05, 0.1) is 5.75 Å². The topological polar surface area (TPSA) is 46.7 Å². The van der Waals surface area contributed by atoms with Crippen LogP contribution in [0.1, 0.15) is 17.2 Å². The maximum absolute atomic E-state index is 12.8. The summed E-state index contributed by atoms with van der Waals surface area (Å²) in [7, 11) is -3.36. The monoisotopic (exact) mass is 292 g/mol. The van der Waals surface area contributed by atoms with Crippen molar-refractivity contribution in [2.75, 3.05) is 0 Å². The molecule has 0 aliphatic carbocycles. The Morgan fingerprint density at radius 1 is 1.00 bits per heavy atom. The fourth-order valence-electron chi connectivity index (χ4n) is 2.15. The Hall–Kier alpha value is -1.72. The molecule has 0 saturated carbocycles. The van der Waals surface area contributed by atoms with Crippen LogP contribution in [0.2, 0.25) is 0 Å². The van der Waals surface area contributed by atoms with Gasteiger partial charge in [-0.25, -0.2) is 12.8 Å². The molecule has 1 heterocycles. The van der Waals surface area contributed by atoms with E-state index >= 15 is 0 Å². The van der Waals surface area contributed by atoms with Crippen LogP contribution >= 0.6 is 0 Å². The fraction of sp³-hybridized carbons (Fsp3) is 0.200. The molecule has 1 fully saturated rings. The molecular formula is C15H13FO3S. The van der Waals surface area contributed by atoms with E-state index in [1.807, 2.05) is 6.07 Å². The Bertz CT molecular complexity index is 696. The van der Waals surface area contributed by atoms with Gasteiger partial charge in [-0.2, -0.15) is 0 Å². The summed E-state index contributed by atoms with van der Waals surface area (Å²) in [6, 6.07) is 14.7. The Labute approximate surface area is 116 Å². The van der Waals surface area contributed by atoms with Crippen molar-refractivity contribution in [3.8, 4) is 0 Å². The third-order valence-corrected chi connectivity index (χ3v) is 5.02. The van der Waals surface area contributed by atoms with Crippen LogP contribution in [0.15, 0.2) is 54.6 Å². The van der Waals surface area contributed by atoms with E-state index in [-0.39, 0.29) is 11.6 Å². The van der Waals surface area contributed by atoms with E-state index in [0.29, 0.717) is 5.56 Å². The second-order valence-corrected chi connectivity index (χ2v) is 6.85. The van der Waals surface area contributed by atoms with Crippen LogP contribution in [-0.2, 0) is 20.3 Å². The van der Waals surface area contributed by atoms with E-state index < -0.39 is 21.4 Å². The van der Waals surface area contributed by atoms with Gasteiger partial charge in [-0.3, -0.25) is 0 Å². The number of sulfone groups is 1. The predicted octanol–water partition coefficient (Wildman–Crippen LogP) is 2.84. The highest BCUT2D eigenvalue weighted by Crippen LogP contribution is 2.43. The summed E-state index contributed by atoms with van der Waals surface area (Å²) in [6.07, 6.45) is -0.482. The number of ether oxygens (including phenoxy) is 1. The molecule has 0 bridgehead atoms. The summed E-state index contributed by atoms with van der Waals surface area (Å²) >= 11 is 0. The molecule has 3 rings (SSSR count). The van der Waals surface area contributed by atoms with E-state index in [1.165, 1.54) is 12.1 Å². The molecular weight excluding hydrogens is 279 g/mol. The number of epoxide rings is 1. The third kappa shape index (κ3) is 2.73. The molecule has 0 aromatic heterocycles. The third-order valence-electron chi connectivity index (χ3n) is 3.21. The smallest absolute Gasteiger partial charge is 0.190 e. The highest BCUT2D eigenvalue weighted by Gasteiger charge is 2.49. The van der Waals surface area contributed by atoms with Gasteiger partial charge in [0.1, 0.15) is 11.9 Å². The quantitative estimate of drug-likeness (QED) is 0.814. The number of hydrogen-bond donors (Lipinski definition) is 0. The molecule has 2 aromatic rings. The van der Waals surface area contributed by atoms with E-state index in [4.69, 9.17) is 4.74 Å². The van der Waals surface area contributed by atoms with Crippen molar-refractivity contribution in [1.29, 1.82) is 0 Å². The average Bonchev–Trinajstić information content (AvgIpc) is 3.21. The highest BCUT2D eigenvalue weighted by atomic mass is 32.2. The van der Waals surface area contributed by atoms with Gasteiger partial charge in [0.15, 0.2) is 15.3 Å². The maximum atomic E-state index is 12.8. The molecule has 104 valence electrons. The van der Waals surface area contributed by atoms with Crippen molar-refractivity contribution in [1.82, 2.24) is 0 Å². The molecule has 1 aliphatic heterocycles. The first-order valence-corrected chi connectivity index (χ1v) is 7.94. The lowest BCUT2D eigenvalue weighted by Crippen LogP contribution is -2.11. The molecule has 3 nitrogen and oxygen atoms in total. The molecule has 20 heavy (non-hydrogen) atoms. The van der Waals surface area contributed by atoms with Gasteiger partial charge in [-0.15, -0.1) is 0 Å². The summed E-state index contributed by atoms with van der Waals surface area (Å²) in [4.78, 5) is 0. The first-order chi connectivity index (χ1) is 9.56. The number of rotatable bonds is 4. The van der Waals surface area contributed by atoms with Crippen LogP contribution in [-0.4, -0.2) is 13.9 Å². The molecule has 2 atom stereocenters. The molecule has 1 saturated heterocycles. The molecule has 1 aliphatic rings. The van der Waals surface area contributed by atoms with Gasteiger partial charge in [0.25, 0.3) is 0 Å². The second-order valence-electron chi connectivity index (χ2n) is 4.77. The predicted molar refractivity (Wildman–Crippen MR) is 73.1 cm³/mol. The van der Waals surface area contributed by atoms with Gasteiger partial charge in [-0.1, -0.05) is 42.5 Å². The molecule has 0 amide bonds. The lowest BCUT2D eigenvalue weighted by atomic mass is 10.2. The van der Waals surface area contributed by atoms with Gasteiger partial charge < -0.3 is 4.74 Å². The van der Waals surface area contributed by atoms with Crippen molar-refractivity contribution in [2.45, 2.75) is 17.3 Å². The zero-order valence-electron chi connectivity index (χ0n) is 10.6. The second kappa shape index (κ2) is 5.00. The van der Waals surface area contributed by atoms with Gasteiger partial charge in [0.2, 0.25) is 0 Å². The van der Waals surface area contributed by atoms with Crippen LogP contribution in [0.5, 0.6) is 0 Å². The molecule has 0 N–H and O–H groups in total. The molecule has 0 radical (unpaired) electrons. The number of hydrogen-bond acceptors (Lipinski definition) is 3. The Balaban J connectivity index is 1.73. The van der Waals surface area contributed by atoms with Crippen molar-refractivity contribution in [3.63, 3.8) is 0 Å². The van der Waals surface area contributed by atoms with Gasteiger partial charge in [-0.05, 0) is 23.3 Å². The van der Waals surface area contributed by atoms with Crippen molar-refractivity contribution < 1.29 is 17.5 Å². The standard InChI is InChI=1S/C15H13FO3S/c16-13-8-6-12(7-9-13)14-15(19-14)20(17,18)10-11-4-2-1-3-5-11/h1-9,14-15H,10H2/t14-,15-/m0/s1. The first kappa shape index (κ1) is 13.3. The molecule has 0 spiro atoms. The fourth-order valence-corrected chi connectivity index (χ4v) is 3.79. The van der Waals surface area contributed by atoms with Gasteiger partial charge >= 0.3 is 0 Å². The van der Waals surface area contributed by atoms with E-state index in [0.717, 1.165) is 5.56 Å². The Morgan fingerprint density at radius 2 is 1.65 bits per heavy atom. The van der Waals surface area contributed by atoms with Crippen LogP contribution in [0.3, 0.4) is 0 Å². The van der Waals surface area contributed by atoms with E-state index in [2.05, 4.69) is 0 Å². The zero-order chi connectivity index (χ0) is 14.2. The summed E-state index contributed by atoms with van der Waals surface area (Å²) < 4.78 is 42.5. The van der Waals surface area contributed by atoms with Crippen LogP contribution in [0.4, 0.5) is 4.39 Å². The highest BCUT2D eigenvalue weighted by molar-refractivity contribution is 7.91. The lowest BCUT2D eigenvalue weighted by Gasteiger charge is -2.01. The normalized spacial score (nSPS) is 21.6. The summed E-state index contributed by atoms with van der Waals surface area (Å²) in [5.41, 5.74) is 0.599. The minimum atomic E-state index is -3.36. The van der Waals surface area contributed by atoms with Crippen molar-refractivity contribution in [3.05, 3.63) is 71.5 Å². The summed E-state index contributed by atoms with van der Waals surface area (Å²) in [5.74, 6) is -0.394. The Kier molecular flexibility index (Phi) is 3.31. The zero-order valence-corrected chi connectivity index (χ0v) is 11.4. The Morgan fingerprint density at radius 3 is 2.30 bits per heavy atom. The maximum Gasteiger partial charge on any atom is 0.190 e. The van der Waals surface area contributed by atoms with Crippen molar-refractivity contribution in [2.24, 2.45) is 0 Å². The molecule has 2 aromatic carbocycles. The summed E-state index contributed by atoms with van der Waals surface area (Å²) in [5, 5.41) is 0. The molecule has 0 unspecified atom stereocenters. The largest absolute Gasteiger partial charge is 0.347 e. The SMILES string of the molecule is O=S(=O)(Cc1ccccc1)[C@@H]1O[C@H]1c1ccc(F)cc1. The van der Waals surface area contributed by atoms with Crippen LogP contribution < -0.4 is 0 Å². The van der Waals surface area contributed by atoms with Crippen molar-refractivity contribution >= 4 is 9.84 Å². The summed E-state index contributed by atoms with van der Waals surface area (Å²) in [6.45, 7) is 0. The van der Waals surface area contributed by atoms with E-state index in [9.17, 15) is 12.8 Å². The minimum Gasteiger partial charge on any atom is -0.347 e. The minimum absolute atomic E-state index is 0.0454. The van der Waals surface area contributed by atoms with Gasteiger partial charge in [0, 0.05) is 0 Å².